The number of anilines is 1. The Kier molecular flexibility index (Phi) is 6.20. The van der Waals surface area contributed by atoms with E-state index in [0.717, 1.165) is 6.07 Å². The van der Waals surface area contributed by atoms with Crippen LogP contribution in [-0.2, 0) is 6.18 Å². The van der Waals surface area contributed by atoms with Crippen molar-refractivity contribution in [1.82, 2.24) is 15.2 Å². The van der Waals surface area contributed by atoms with Crippen LogP contribution in [0.1, 0.15) is 26.4 Å². The van der Waals surface area contributed by atoms with E-state index < -0.39 is 29.1 Å². The third-order valence-electron chi connectivity index (χ3n) is 3.88. The summed E-state index contributed by atoms with van der Waals surface area (Å²) in [6.07, 6.45) is -2.05. The molecule has 3 rings (SSSR count). The van der Waals surface area contributed by atoms with Crippen LogP contribution in [0.15, 0.2) is 39.5 Å². The van der Waals surface area contributed by atoms with Crippen molar-refractivity contribution in [2.24, 2.45) is 5.73 Å². The fourth-order valence-electron chi connectivity index (χ4n) is 2.56. The molecule has 0 unspecified atom stereocenters. The summed E-state index contributed by atoms with van der Waals surface area (Å²) in [5, 5.41) is 8.47. The molecule has 0 saturated carbocycles. The first kappa shape index (κ1) is 22.2. The van der Waals surface area contributed by atoms with Gasteiger partial charge in [-0.1, -0.05) is 27.5 Å². The zero-order chi connectivity index (χ0) is 22.2. The molecule has 13 heteroatoms. The highest BCUT2D eigenvalue weighted by Crippen LogP contribution is 2.45. The summed E-state index contributed by atoms with van der Waals surface area (Å²) >= 11 is 12.7. The molecule has 3 aromatic rings. The van der Waals surface area contributed by atoms with Crippen molar-refractivity contribution in [3.05, 3.63) is 61.4 Å². The van der Waals surface area contributed by atoms with E-state index in [9.17, 15) is 22.8 Å². The van der Waals surface area contributed by atoms with Crippen molar-refractivity contribution in [3.8, 4) is 11.1 Å². The highest BCUT2D eigenvalue weighted by molar-refractivity contribution is 9.11. The van der Waals surface area contributed by atoms with E-state index in [4.69, 9.17) is 17.3 Å². The molecule has 2 heterocycles. The molecule has 0 aliphatic rings. The lowest BCUT2D eigenvalue weighted by Crippen LogP contribution is -2.16. The van der Waals surface area contributed by atoms with Crippen molar-refractivity contribution in [2.45, 2.75) is 6.18 Å². The molecule has 0 atom stereocenters. The first-order chi connectivity index (χ1) is 14.0. The van der Waals surface area contributed by atoms with E-state index >= 15 is 0 Å². The van der Waals surface area contributed by atoms with E-state index in [0.29, 0.717) is 6.07 Å². The molecule has 156 valence electrons. The monoisotopic (exact) mass is 565 g/mol. The van der Waals surface area contributed by atoms with E-state index in [1.165, 1.54) is 18.5 Å². The molecule has 0 bridgehead atoms. The lowest BCUT2D eigenvalue weighted by Gasteiger charge is -2.17. The SMILES string of the molecule is NC(=O)c1cc(C(F)(F)F)cc(Br)c1-c1c(Br)cnc(NC(=O)c2ccn[nH]2)c1Cl. The second kappa shape index (κ2) is 8.36. The van der Waals surface area contributed by atoms with E-state index in [-0.39, 0.29) is 36.6 Å². The third kappa shape index (κ3) is 4.35. The zero-order valence-electron chi connectivity index (χ0n) is 14.4. The summed E-state index contributed by atoms with van der Waals surface area (Å²) in [4.78, 5) is 28.2. The van der Waals surface area contributed by atoms with Crippen LogP contribution >= 0.6 is 43.5 Å². The Hall–Kier alpha value is -2.44. The fourth-order valence-corrected chi connectivity index (χ4v) is 4.12. The van der Waals surface area contributed by atoms with Gasteiger partial charge in [0.2, 0.25) is 5.91 Å². The number of rotatable bonds is 4. The van der Waals surface area contributed by atoms with Crippen LogP contribution in [-0.4, -0.2) is 27.0 Å². The minimum atomic E-state index is -4.70. The van der Waals surface area contributed by atoms with Crippen molar-refractivity contribution < 1.29 is 22.8 Å². The molecule has 2 aromatic heterocycles. The third-order valence-corrected chi connectivity index (χ3v) is 5.48. The fraction of sp³-hybridized carbons (Fsp3) is 0.0588. The van der Waals surface area contributed by atoms with Crippen molar-refractivity contribution in [2.75, 3.05) is 5.32 Å². The van der Waals surface area contributed by atoms with Gasteiger partial charge >= 0.3 is 6.18 Å². The second-order valence-electron chi connectivity index (χ2n) is 5.81. The van der Waals surface area contributed by atoms with Crippen LogP contribution < -0.4 is 11.1 Å². The van der Waals surface area contributed by atoms with Crippen LogP contribution in [0.3, 0.4) is 0 Å². The number of H-pyrrole nitrogens is 1. The van der Waals surface area contributed by atoms with E-state index in [1.807, 2.05) is 0 Å². The molecule has 1 aromatic carbocycles. The minimum Gasteiger partial charge on any atom is -0.366 e. The van der Waals surface area contributed by atoms with Gasteiger partial charge in [0.15, 0.2) is 5.82 Å². The zero-order valence-corrected chi connectivity index (χ0v) is 18.4. The minimum absolute atomic E-state index is 0.00631. The molecule has 0 aliphatic carbocycles. The van der Waals surface area contributed by atoms with Crippen LogP contribution in [0.2, 0.25) is 5.02 Å². The summed E-state index contributed by atoms with van der Waals surface area (Å²) in [7, 11) is 0. The number of carbonyl (C=O) groups excluding carboxylic acids is 2. The van der Waals surface area contributed by atoms with Gasteiger partial charge in [-0.3, -0.25) is 14.7 Å². The van der Waals surface area contributed by atoms with Gasteiger partial charge < -0.3 is 11.1 Å². The Balaban J connectivity index is 2.18. The summed E-state index contributed by atoms with van der Waals surface area (Å²) in [6, 6.07) is 2.85. The molecule has 30 heavy (non-hydrogen) atoms. The molecular weight excluding hydrogens is 558 g/mol. The van der Waals surface area contributed by atoms with Crippen molar-refractivity contribution >= 4 is 61.1 Å². The largest absolute Gasteiger partial charge is 0.416 e. The molecule has 0 saturated heterocycles. The molecular formula is C17H9Br2ClF3N5O2. The number of alkyl halides is 3. The predicted octanol–water partition coefficient (Wildman–Crippen LogP) is 5.02. The van der Waals surface area contributed by atoms with Gasteiger partial charge in [-0.25, -0.2) is 4.98 Å². The number of nitrogens with one attached hydrogen (secondary N) is 2. The Morgan fingerprint density at radius 1 is 1.17 bits per heavy atom. The number of amides is 2. The average molecular weight is 568 g/mol. The van der Waals surface area contributed by atoms with Gasteiger partial charge in [-0.2, -0.15) is 18.3 Å². The Morgan fingerprint density at radius 2 is 1.87 bits per heavy atom. The van der Waals surface area contributed by atoms with Crippen LogP contribution in [0.25, 0.3) is 11.1 Å². The smallest absolute Gasteiger partial charge is 0.366 e. The number of carbonyl (C=O) groups is 2. The van der Waals surface area contributed by atoms with Gasteiger partial charge in [-0.05, 0) is 34.1 Å². The summed E-state index contributed by atoms with van der Waals surface area (Å²) in [5.74, 6) is -1.78. The number of hydrogen-bond donors (Lipinski definition) is 3. The number of halogens is 6. The Bertz CT molecular complexity index is 1150. The maximum Gasteiger partial charge on any atom is 0.416 e. The van der Waals surface area contributed by atoms with Gasteiger partial charge in [0, 0.05) is 38.0 Å². The first-order valence-electron chi connectivity index (χ1n) is 7.86. The van der Waals surface area contributed by atoms with Gasteiger partial charge in [0.1, 0.15) is 5.69 Å². The van der Waals surface area contributed by atoms with Gasteiger partial charge in [0.05, 0.1) is 10.6 Å². The number of pyridine rings is 1. The quantitative estimate of drug-likeness (QED) is 0.411. The van der Waals surface area contributed by atoms with Gasteiger partial charge in [0.25, 0.3) is 5.91 Å². The topological polar surface area (TPSA) is 114 Å². The first-order valence-corrected chi connectivity index (χ1v) is 9.82. The molecule has 2 amide bonds. The maximum absolute atomic E-state index is 13.2. The lowest BCUT2D eigenvalue weighted by molar-refractivity contribution is -0.137. The number of nitrogens with zero attached hydrogens (tertiary/aromatic N) is 2. The molecule has 0 aliphatic heterocycles. The number of primary amides is 1. The van der Waals surface area contributed by atoms with Crippen molar-refractivity contribution in [1.29, 1.82) is 0 Å². The van der Waals surface area contributed by atoms with Crippen molar-refractivity contribution in [3.63, 3.8) is 0 Å². The summed E-state index contributed by atoms with van der Waals surface area (Å²) in [5.41, 5.74) is 4.09. The number of benzene rings is 1. The predicted molar refractivity (Wildman–Crippen MR) is 110 cm³/mol. The standard InChI is InChI=1S/C17H9Br2ClF3N5O2/c18-8-4-6(17(21,22)23)3-7(14(24)29)11(8)12-9(19)5-25-15(13(12)20)27-16(30)10-1-2-26-28-10/h1-5H,(H2,24,29)(H,26,28)(H,25,27,30). The van der Waals surface area contributed by atoms with Crippen LogP contribution in [0.5, 0.6) is 0 Å². The molecule has 4 N–H and O–H groups in total. The van der Waals surface area contributed by atoms with E-state index in [1.54, 1.807) is 0 Å². The Morgan fingerprint density at radius 3 is 2.43 bits per heavy atom. The van der Waals surface area contributed by atoms with Gasteiger partial charge in [-0.15, -0.1) is 0 Å². The molecule has 0 radical (unpaired) electrons. The van der Waals surface area contributed by atoms with Crippen LogP contribution in [0.4, 0.5) is 19.0 Å². The molecule has 0 spiro atoms. The normalized spacial score (nSPS) is 11.4. The Labute approximate surface area is 188 Å². The maximum atomic E-state index is 13.2. The molecule has 0 fully saturated rings. The summed E-state index contributed by atoms with van der Waals surface area (Å²) in [6.45, 7) is 0. The number of aromatic nitrogens is 3. The van der Waals surface area contributed by atoms with E-state index in [2.05, 4.69) is 52.4 Å². The number of hydrogen-bond acceptors (Lipinski definition) is 4. The molecule has 7 nitrogen and oxygen atoms in total. The lowest BCUT2D eigenvalue weighted by atomic mass is 9.97. The highest BCUT2D eigenvalue weighted by Gasteiger charge is 2.33. The highest BCUT2D eigenvalue weighted by atomic mass is 79.9. The number of nitrogens with two attached hydrogens (primary N) is 1. The van der Waals surface area contributed by atoms with Crippen LogP contribution in [0, 0.1) is 0 Å². The number of aromatic amines is 1. The average Bonchev–Trinajstić information content (AvgIpc) is 3.18. The summed E-state index contributed by atoms with van der Waals surface area (Å²) < 4.78 is 39.7. The second-order valence-corrected chi connectivity index (χ2v) is 7.90.